The maximum absolute atomic E-state index is 5.60. The molecular weight excluding hydrogens is 201 g/mol. The van der Waals surface area contributed by atoms with Crippen LogP contribution in [0.25, 0.3) is 0 Å². The molecule has 7 heavy (non-hydrogen) atoms. The number of hydrogen-bond donors (Lipinski definition) is 1. The van der Waals surface area contributed by atoms with Crippen LogP contribution in [0.5, 0.6) is 0 Å². The third-order valence-corrected chi connectivity index (χ3v) is 2.41. The topological polar surface area (TPSA) is 26.0 Å². The van der Waals surface area contributed by atoms with Crippen LogP contribution in [-0.2, 0) is 0 Å². The SMILES string of the molecule is NC1CCC=C1I. The molecule has 1 unspecified atom stereocenters. The third-order valence-electron chi connectivity index (χ3n) is 1.17. The number of rotatable bonds is 0. The lowest BCUT2D eigenvalue weighted by Crippen LogP contribution is -2.15. The molecule has 0 saturated carbocycles. The zero-order chi connectivity index (χ0) is 5.28. The van der Waals surface area contributed by atoms with Crippen LogP contribution in [0.4, 0.5) is 0 Å². The van der Waals surface area contributed by atoms with Gasteiger partial charge in [0.15, 0.2) is 0 Å². The average Bonchev–Trinajstić information content (AvgIpc) is 1.91. The number of halogens is 1. The van der Waals surface area contributed by atoms with Crippen molar-refractivity contribution in [2.75, 3.05) is 0 Å². The van der Waals surface area contributed by atoms with Gasteiger partial charge in [-0.25, -0.2) is 0 Å². The van der Waals surface area contributed by atoms with Gasteiger partial charge in [0.25, 0.3) is 0 Å². The molecule has 0 saturated heterocycles. The van der Waals surface area contributed by atoms with Gasteiger partial charge in [-0.1, -0.05) is 6.08 Å². The Labute approximate surface area is 57.1 Å². The summed E-state index contributed by atoms with van der Waals surface area (Å²) >= 11 is 2.29. The van der Waals surface area contributed by atoms with E-state index in [4.69, 9.17) is 5.73 Å². The van der Waals surface area contributed by atoms with Gasteiger partial charge >= 0.3 is 0 Å². The van der Waals surface area contributed by atoms with E-state index < -0.39 is 0 Å². The molecule has 1 aliphatic rings. The number of hydrogen-bond acceptors (Lipinski definition) is 1. The first-order chi connectivity index (χ1) is 3.30. The molecule has 0 bridgehead atoms. The first-order valence-electron chi connectivity index (χ1n) is 2.42. The molecule has 0 aromatic heterocycles. The van der Waals surface area contributed by atoms with Gasteiger partial charge in [0.05, 0.1) is 0 Å². The van der Waals surface area contributed by atoms with E-state index >= 15 is 0 Å². The Morgan fingerprint density at radius 3 is 2.71 bits per heavy atom. The van der Waals surface area contributed by atoms with Gasteiger partial charge in [-0.05, 0) is 35.4 Å². The van der Waals surface area contributed by atoms with E-state index in [9.17, 15) is 0 Å². The second-order valence-electron chi connectivity index (χ2n) is 1.77. The minimum atomic E-state index is 0.362. The molecule has 0 radical (unpaired) electrons. The molecule has 1 rings (SSSR count). The van der Waals surface area contributed by atoms with Crippen molar-refractivity contribution in [1.29, 1.82) is 0 Å². The van der Waals surface area contributed by atoms with Gasteiger partial charge in [0, 0.05) is 9.62 Å². The molecule has 1 atom stereocenters. The van der Waals surface area contributed by atoms with E-state index in [0.717, 1.165) is 6.42 Å². The predicted molar refractivity (Wildman–Crippen MR) is 39.3 cm³/mol. The quantitative estimate of drug-likeness (QED) is 0.600. The van der Waals surface area contributed by atoms with Crippen LogP contribution in [0.3, 0.4) is 0 Å². The Hall–Kier alpha value is 0.430. The fourth-order valence-electron chi connectivity index (χ4n) is 0.690. The summed E-state index contributed by atoms with van der Waals surface area (Å²) in [6.45, 7) is 0. The lowest BCUT2D eigenvalue weighted by Gasteiger charge is -1.97. The van der Waals surface area contributed by atoms with Gasteiger partial charge in [-0.2, -0.15) is 0 Å². The zero-order valence-electron chi connectivity index (χ0n) is 4.02. The Bertz CT molecular complexity index is 98.3. The monoisotopic (exact) mass is 209 g/mol. The van der Waals surface area contributed by atoms with Crippen LogP contribution in [0.1, 0.15) is 12.8 Å². The molecule has 0 heterocycles. The van der Waals surface area contributed by atoms with Crippen molar-refractivity contribution in [2.24, 2.45) is 5.73 Å². The maximum atomic E-state index is 5.60. The van der Waals surface area contributed by atoms with E-state index in [0.29, 0.717) is 6.04 Å². The average molecular weight is 209 g/mol. The van der Waals surface area contributed by atoms with Gasteiger partial charge in [-0.3, -0.25) is 0 Å². The van der Waals surface area contributed by atoms with Crippen molar-refractivity contribution in [3.05, 3.63) is 9.66 Å². The Morgan fingerprint density at radius 1 is 1.86 bits per heavy atom. The zero-order valence-corrected chi connectivity index (χ0v) is 6.18. The normalized spacial score (nSPS) is 30.6. The van der Waals surface area contributed by atoms with E-state index in [-0.39, 0.29) is 0 Å². The van der Waals surface area contributed by atoms with Crippen LogP contribution < -0.4 is 5.73 Å². The molecule has 0 fully saturated rings. The van der Waals surface area contributed by atoms with Crippen LogP contribution in [0.2, 0.25) is 0 Å². The van der Waals surface area contributed by atoms with E-state index in [1.54, 1.807) is 0 Å². The molecule has 0 aromatic carbocycles. The van der Waals surface area contributed by atoms with E-state index in [2.05, 4.69) is 28.7 Å². The second kappa shape index (κ2) is 2.13. The highest BCUT2D eigenvalue weighted by atomic mass is 127. The van der Waals surface area contributed by atoms with Crippen molar-refractivity contribution in [1.82, 2.24) is 0 Å². The van der Waals surface area contributed by atoms with Crippen molar-refractivity contribution in [2.45, 2.75) is 18.9 Å². The first-order valence-corrected chi connectivity index (χ1v) is 3.49. The largest absolute Gasteiger partial charge is 0.324 e. The van der Waals surface area contributed by atoms with Crippen LogP contribution in [0, 0.1) is 0 Å². The molecule has 2 heteroatoms. The van der Waals surface area contributed by atoms with Crippen molar-refractivity contribution in [3.8, 4) is 0 Å². The summed E-state index contributed by atoms with van der Waals surface area (Å²) < 4.78 is 1.33. The van der Waals surface area contributed by atoms with Crippen LogP contribution >= 0.6 is 22.6 Å². The maximum Gasteiger partial charge on any atom is 0.0352 e. The molecule has 0 spiro atoms. The molecule has 1 aliphatic carbocycles. The van der Waals surface area contributed by atoms with E-state index in [1.165, 1.54) is 10.0 Å². The molecule has 1 nitrogen and oxygen atoms in total. The summed E-state index contributed by atoms with van der Waals surface area (Å²) in [6, 6.07) is 0.362. The van der Waals surface area contributed by atoms with Gasteiger partial charge in [-0.15, -0.1) is 0 Å². The molecule has 0 aliphatic heterocycles. The minimum absolute atomic E-state index is 0.362. The predicted octanol–water partition coefficient (Wildman–Crippen LogP) is 1.43. The Morgan fingerprint density at radius 2 is 2.57 bits per heavy atom. The summed E-state index contributed by atoms with van der Waals surface area (Å²) in [5.74, 6) is 0. The minimum Gasteiger partial charge on any atom is -0.324 e. The number of nitrogens with two attached hydrogens (primary N) is 1. The Balaban J connectivity index is 2.54. The van der Waals surface area contributed by atoms with Gasteiger partial charge in [0.1, 0.15) is 0 Å². The highest BCUT2D eigenvalue weighted by Gasteiger charge is 2.09. The standard InChI is InChI=1S/C5H8IN/c6-4-2-1-3-5(4)7/h2,5H,1,3,7H2. The van der Waals surface area contributed by atoms with Crippen molar-refractivity contribution >= 4 is 22.6 Å². The fraction of sp³-hybridized carbons (Fsp3) is 0.600. The summed E-state index contributed by atoms with van der Waals surface area (Å²) in [5, 5.41) is 0. The smallest absolute Gasteiger partial charge is 0.0352 e. The lowest BCUT2D eigenvalue weighted by atomic mass is 10.3. The van der Waals surface area contributed by atoms with Crippen LogP contribution in [-0.4, -0.2) is 6.04 Å². The lowest BCUT2D eigenvalue weighted by molar-refractivity contribution is 0.777. The molecule has 40 valence electrons. The second-order valence-corrected chi connectivity index (χ2v) is 3.02. The summed E-state index contributed by atoms with van der Waals surface area (Å²) in [4.78, 5) is 0. The van der Waals surface area contributed by atoms with Crippen molar-refractivity contribution in [3.63, 3.8) is 0 Å². The van der Waals surface area contributed by atoms with E-state index in [1.807, 2.05) is 0 Å². The van der Waals surface area contributed by atoms with Gasteiger partial charge in [0.2, 0.25) is 0 Å². The molecule has 0 aromatic rings. The highest BCUT2D eigenvalue weighted by Crippen LogP contribution is 2.21. The Kier molecular flexibility index (Phi) is 1.69. The summed E-state index contributed by atoms with van der Waals surface area (Å²) in [7, 11) is 0. The fourth-order valence-corrected chi connectivity index (χ4v) is 1.31. The highest BCUT2D eigenvalue weighted by molar-refractivity contribution is 14.1. The summed E-state index contributed by atoms with van der Waals surface area (Å²) in [6.07, 6.45) is 4.53. The van der Waals surface area contributed by atoms with Crippen LogP contribution in [0.15, 0.2) is 9.66 Å². The third kappa shape index (κ3) is 1.16. The first kappa shape index (κ1) is 5.56. The molecule has 2 N–H and O–H groups in total. The molecule has 0 amide bonds. The summed E-state index contributed by atoms with van der Waals surface area (Å²) in [5.41, 5.74) is 5.60. The molecular formula is C5H8IN. The number of allylic oxidation sites excluding steroid dienone is 1. The van der Waals surface area contributed by atoms with Gasteiger partial charge < -0.3 is 5.73 Å². The van der Waals surface area contributed by atoms with Crippen molar-refractivity contribution < 1.29 is 0 Å².